The highest BCUT2D eigenvalue weighted by Crippen LogP contribution is 2.37. The average Bonchev–Trinajstić information content (AvgIpc) is 3.16. The van der Waals surface area contributed by atoms with Crippen molar-refractivity contribution >= 4 is 62.4 Å². The Bertz CT molecular complexity index is 1710. The van der Waals surface area contributed by atoms with Crippen LogP contribution in [0.4, 0.5) is 0 Å². The lowest BCUT2D eigenvalue weighted by atomic mass is 10.0. The molecule has 1 aliphatic carbocycles. The van der Waals surface area contributed by atoms with Gasteiger partial charge >= 0.3 is 0 Å². The van der Waals surface area contributed by atoms with E-state index in [1.165, 1.54) is 12.1 Å². The maximum absolute atomic E-state index is 13.5. The fourth-order valence-corrected chi connectivity index (χ4v) is 5.86. The number of aromatic nitrogens is 2. The lowest BCUT2D eigenvalue weighted by Gasteiger charge is -2.13. The number of rotatable bonds is 6. The Labute approximate surface area is 247 Å². The number of benzene rings is 3. The monoisotopic (exact) mass is 614 g/mol. The van der Waals surface area contributed by atoms with E-state index < -0.39 is 10.0 Å². The molecule has 0 aliphatic heterocycles. The summed E-state index contributed by atoms with van der Waals surface area (Å²) in [6.07, 6.45) is 5.39. The Morgan fingerprint density at radius 1 is 0.950 bits per heavy atom. The van der Waals surface area contributed by atoms with Crippen molar-refractivity contribution in [2.45, 2.75) is 37.1 Å². The van der Waals surface area contributed by atoms with Gasteiger partial charge in [0.15, 0.2) is 5.69 Å². The van der Waals surface area contributed by atoms with Gasteiger partial charge in [-0.3, -0.25) is 4.79 Å². The zero-order valence-corrected chi connectivity index (χ0v) is 24.3. The number of nitrogens with two attached hydrogens (primary N) is 1. The molecule has 40 heavy (non-hydrogen) atoms. The van der Waals surface area contributed by atoms with Crippen LogP contribution in [0.3, 0.4) is 0 Å². The molecule has 1 heterocycles. The van der Waals surface area contributed by atoms with Crippen LogP contribution in [0.25, 0.3) is 17.3 Å². The van der Waals surface area contributed by atoms with Crippen molar-refractivity contribution in [1.82, 2.24) is 15.1 Å². The minimum atomic E-state index is -3.80. The van der Waals surface area contributed by atoms with E-state index in [4.69, 9.17) is 45.0 Å². The summed E-state index contributed by atoms with van der Waals surface area (Å²) in [7, 11) is -3.80. The van der Waals surface area contributed by atoms with Gasteiger partial charge in [-0.1, -0.05) is 59.1 Å². The van der Waals surface area contributed by atoms with Crippen LogP contribution >= 0.6 is 34.8 Å². The number of allylic oxidation sites excluding steroid dienone is 1. The molecule has 1 amide bonds. The Hall–Kier alpha value is -3.14. The zero-order chi connectivity index (χ0) is 28.4. The predicted octanol–water partition coefficient (Wildman–Crippen LogP) is 6.68. The number of nitrogens with zero attached hydrogens (tertiary/aromatic N) is 2. The zero-order valence-electron chi connectivity index (χ0n) is 21.2. The molecule has 4 aromatic rings. The van der Waals surface area contributed by atoms with Crippen LogP contribution in [0.5, 0.6) is 0 Å². The summed E-state index contributed by atoms with van der Waals surface area (Å²) in [5.74, 6) is -0.344. The molecular formula is C29H25Cl3N4O3S. The van der Waals surface area contributed by atoms with Gasteiger partial charge in [-0.25, -0.2) is 18.2 Å². The van der Waals surface area contributed by atoms with Gasteiger partial charge in [-0.15, -0.1) is 0 Å². The third kappa shape index (κ3) is 6.27. The molecule has 7 nitrogen and oxygen atoms in total. The van der Waals surface area contributed by atoms with Gasteiger partial charge in [0.25, 0.3) is 5.91 Å². The standard InChI is InChI=1S/C29H25Cl3N4O3S/c30-21-9-5-18(6-10-21)15-20-3-1-2-4-24-27(35-36(28(20)24)26-14-11-22(31)16-25(26)32)29(37)34-17-19-7-12-23(13-8-19)40(33,38)39/h5-16H,1-4,17H2,(H,34,37)(H2,33,38,39)/b20-15+. The Balaban J connectivity index is 1.55. The Kier molecular flexibility index (Phi) is 8.35. The van der Waals surface area contributed by atoms with Crippen LogP contribution in [-0.4, -0.2) is 24.1 Å². The number of halogens is 3. The van der Waals surface area contributed by atoms with Gasteiger partial charge in [0, 0.05) is 22.2 Å². The highest BCUT2D eigenvalue weighted by atomic mass is 35.5. The van der Waals surface area contributed by atoms with Crippen LogP contribution in [-0.2, 0) is 23.0 Å². The first-order valence-electron chi connectivity index (χ1n) is 12.5. The molecule has 3 aromatic carbocycles. The van der Waals surface area contributed by atoms with Crippen molar-refractivity contribution in [1.29, 1.82) is 0 Å². The molecular weight excluding hydrogens is 591 g/mol. The molecule has 0 fully saturated rings. The molecule has 0 bridgehead atoms. The van der Waals surface area contributed by atoms with Gasteiger partial charge in [0.2, 0.25) is 10.0 Å². The highest BCUT2D eigenvalue weighted by Gasteiger charge is 2.28. The topological polar surface area (TPSA) is 107 Å². The van der Waals surface area contributed by atoms with Gasteiger partial charge in [-0.2, -0.15) is 5.10 Å². The van der Waals surface area contributed by atoms with E-state index in [-0.39, 0.29) is 17.3 Å². The summed E-state index contributed by atoms with van der Waals surface area (Å²) in [5, 5.41) is 14.4. The van der Waals surface area contributed by atoms with Crippen LogP contribution in [0, 0.1) is 0 Å². The molecule has 1 aliphatic rings. The summed E-state index contributed by atoms with van der Waals surface area (Å²) < 4.78 is 24.8. The first-order valence-corrected chi connectivity index (χ1v) is 15.2. The SMILES string of the molecule is NS(=O)(=O)c1ccc(CNC(=O)c2nn(-c3ccc(Cl)cc3Cl)c3c2CCCC/C3=C\c2ccc(Cl)cc2)cc1. The largest absolute Gasteiger partial charge is 0.347 e. The van der Waals surface area contributed by atoms with Crippen molar-refractivity contribution in [3.05, 3.63) is 110 Å². The lowest BCUT2D eigenvalue weighted by Crippen LogP contribution is -2.24. The van der Waals surface area contributed by atoms with Crippen LogP contribution in [0.15, 0.2) is 71.6 Å². The number of nitrogens with one attached hydrogen (secondary N) is 1. The maximum Gasteiger partial charge on any atom is 0.272 e. The fourth-order valence-electron chi connectivity index (χ4n) is 4.73. The van der Waals surface area contributed by atoms with Crippen molar-refractivity contribution in [3.8, 4) is 5.69 Å². The molecule has 3 N–H and O–H groups in total. The predicted molar refractivity (Wildman–Crippen MR) is 159 cm³/mol. The first kappa shape index (κ1) is 28.4. The van der Waals surface area contributed by atoms with Crippen LogP contribution in [0.1, 0.15) is 52.1 Å². The average molecular weight is 616 g/mol. The highest BCUT2D eigenvalue weighted by molar-refractivity contribution is 7.89. The quantitative estimate of drug-likeness (QED) is 0.236. The van der Waals surface area contributed by atoms with Gasteiger partial charge in [0.05, 0.1) is 21.3 Å². The first-order chi connectivity index (χ1) is 19.1. The van der Waals surface area contributed by atoms with E-state index in [0.717, 1.165) is 47.2 Å². The summed E-state index contributed by atoms with van der Waals surface area (Å²) in [6.45, 7) is 0.181. The van der Waals surface area contributed by atoms with Gasteiger partial charge in [-0.05, 0) is 90.9 Å². The van der Waals surface area contributed by atoms with E-state index in [1.54, 1.807) is 35.0 Å². The molecule has 206 valence electrons. The third-order valence-electron chi connectivity index (χ3n) is 6.68. The molecule has 0 atom stereocenters. The smallest absolute Gasteiger partial charge is 0.272 e. The number of sulfonamides is 1. The second-order valence-corrected chi connectivity index (χ2v) is 12.3. The minimum Gasteiger partial charge on any atom is -0.347 e. The summed E-state index contributed by atoms with van der Waals surface area (Å²) >= 11 is 18.9. The van der Waals surface area contributed by atoms with E-state index in [2.05, 4.69) is 11.4 Å². The van der Waals surface area contributed by atoms with Crippen molar-refractivity contribution in [2.24, 2.45) is 5.14 Å². The molecule has 0 saturated heterocycles. The maximum atomic E-state index is 13.5. The molecule has 0 unspecified atom stereocenters. The Morgan fingerprint density at radius 3 is 2.30 bits per heavy atom. The minimum absolute atomic E-state index is 0.00601. The van der Waals surface area contributed by atoms with Crippen molar-refractivity contribution in [2.75, 3.05) is 0 Å². The van der Waals surface area contributed by atoms with E-state index in [9.17, 15) is 13.2 Å². The number of carbonyl (C=O) groups is 1. The molecule has 0 spiro atoms. The summed E-state index contributed by atoms with van der Waals surface area (Å²) in [6, 6.07) is 18.8. The van der Waals surface area contributed by atoms with E-state index in [1.807, 2.05) is 24.3 Å². The number of primary sulfonamides is 1. The third-order valence-corrected chi connectivity index (χ3v) is 8.40. The number of amides is 1. The van der Waals surface area contributed by atoms with E-state index in [0.29, 0.717) is 32.9 Å². The summed E-state index contributed by atoms with van der Waals surface area (Å²) in [4.78, 5) is 13.5. The van der Waals surface area contributed by atoms with Crippen molar-refractivity contribution in [3.63, 3.8) is 0 Å². The fraction of sp³-hybridized carbons (Fsp3) is 0.172. The molecule has 5 rings (SSSR count). The normalized spacial score (nSPS) is 14.6. The number of fused-ring (bicyclic) bond motifs is 1. The van der Waals surface area contributed by atoms with Crippen molar-refractivity contribution < 1.29 is 13.2 Å². The van der Waals surface area contributed by atoms with Gasteiger partial charge < -0.3 is 5.32 Å². The molecule has 11 heteroatoms. The molecule has 0 radical (unpaired) electrons. The van der Waals surface area contributed by atoms with E-state index >= 15 is 0 Å². The number of hydrogen-bond donors (Lipinski definition) is 2. The van der Waals surface area contributed by atoms with Crippen LogP contribution in [0.2, 0.25) is 15.1 Å². The lowest BCUT2D eigenvalue weighted by molar-refractivity contribution is 0.0944. The molecule has 1 aromatic heterocycles. The Morgan fingerprint density at radius 2 is 1.62 bits per heavy atom. The second kappa shape index (κ2) is 11.8. The summed E-state index contributed by atoms with van der Waals surface area (Å²) in [5.41, 5.74) is 5.33. The van der Waals surface area contributed by atoms with Crippen LogP contribution < -0.4 is 10.5 Å². The van der Waals surface area contributed by atoms with Gasteiger partial charge in [0.1, 0.15) is 0 Å². The second-order valence-electron chi connectivity index (χ2n) is 9.48. The molecule has 0 saturated carbocycles. The number of hydrogen-bond acceptors (Lipinski definition) is 4. The number of carbonyl (C=O) groups excluding carboxylic acids is 1.